The molecule has 4 rings (SSSR count). The summed E-state index contributed by atoms with van der Waals surface area (Å²) in [5.41, 5.74) is 2.27. The average Bonchev–Trinajstić information content (AvgIpc) is 3.06. The lowest BCUT2D eigenvalue weighted by molar-refractivity contribution is -0.0643. The van der Waals surface area contributed by atoms with Gasteiger partial charge >= 0.3 is 0 Å². The summed E-state index contributed by atoms with van der Waals surface area (Å²) in [6.45, 7) is 10.1. The molecule has 4 aliphatic carbocycles. The first-order chi connectivity index (χ1) is 14.7. The fourth-order valence-corrected chi connectivity index (χ4v) is 8.99. The minimum Gasteiger partial charge on any atom is -0.396 e. The molecule has 186 valence electrons. The van der Waals surface area contributed by atoms with Crippen LogP contribution in [0.25, 0.3) is 0 Å². The zero-order chi connectivity index (χ0) is 22.4. The van der Waals surface area contributed by atoms with E-state index in [-0.39, 0.29) is 13.5 Å². The number of rotatable bonds is 7. The zero-order valence-electron chi connectivity index (χ0n) is 20.8. The van der Waals surface area contributed by atoms with E-state index in [1.807, 2.05) is 7.11 Å². The second kappa shape index (κ2) is 10.1. The van der Waals surface area contributed by atoms with Crippen molar-refractivity contribution in [1.29, 1.82) is 0 Å². The number of ether oxygens (including phenoxy) is 1. The van der Waals surface area contributed by atoms with Crippen LogP contribution in [0.15, 0.2) is 11.6 Å². The molecule has 0 heterocycles. The Kier molecular flexibility index (Phi) is 8.26. The van der Waals surface area contributed by atoms with Gasteiger partial charge in [0.1, 0.15) is 0 Å². The van der Waals surface area contributed by atoms with Gasteiger partial charge in [0, 0.05) is 13.7 Å². The first-order valence-corrected chi connectivity index (χ1v) is 13.3. The van der Waals surface area contributed by atoms with Crippen molar-refractivity contribution < 1.29 is 14.9 Å². The summed E-state index contributed by atoms with van der Waals surface area (Å²) in [6, 6.07) is 0. The molecule has 3 fully saturated rings. The van der Waals surface area contributed by atoms with Crippen molar-refractivity contribution in [2.45, 2.75) is 112 Å². The third-order valence-electron chi connectivity index (χ3n) is 10.7. The van der Waals surface area contributed by atoms with Crippen LogP contribution in [0, 0.1) is 46.3 Å². The molecule has 3 heteroatoms. The van der Waals surface area contributed by atoms with Gasteiger partial charge in [-0.05, 0) is 97.7 Å². The summed E-state index contributed by atoms with van der Waals surface area (Å²) in [4.78, 5) is 0. The van der Waals surface area contributed by atoms with Gasteiger partial charge in [0.25, 0.3) is 0 Å². The van der Waals surface area contributed by atoms with Crippen molar-refractivity contribution in [2.24, 2.45) is 46.3 Å². The Hall–Kier alpha value is -0.380. The Labute approximate surface area is 198 Å². The van der Waals surface area contributed by atoms with Crippen molar-refractivity contribution in [3.8, 4) is 0 Å². The smallest absolute Gasteiger partial charge is 0.0610 e. The summed E-state index contributed by atoms with van der Waals surface area (Å²) in [7, 11) is 1.94. The van der Waals surface area contributed by atoms with E-state index in [0.29, 0.717) is 41.3 Å². The molecule has 3 nitrogen and oxygen atoms in total. The number of methoxy groups -OCH3 is 1. The molecule has 0 aromatic carbocycles. The highest BCUT2D eigenvalue weighted by Crippen LogP contribution is 2.67. The maximum Gasteiger partial charge on any atom is 0.0610 e. The van der Waals surface area contributed by atoms with Crippen LogP contribution in [-0.4, -0.2) is 36.1 Å². The Bertz CT molecular complexity index is 659. The maximum atomic E-state index is 10.3. The molecule has 0 radical (unpaired) electrons. The molecule has 0 aliphatic heterocycles. The molecule has 0 spiro atoms. The lowest BCUT2D eigenvalue weighted by Crippen LogP contribution is -2.51. The van der Waals surface area contributed by atoms with Crippen molar-refractivity contribution in [3.63, 3.8) is 0 Å². The van der Waals surface area contributed by atoms with Crippen LogP contribution in [0.3, 0.4) is 0 Å². The second-order valence-corrected chi connectivity index (χ2v) is 12.4. The van der Waals surface area contributed by atoms with Crippen molar-refractivity contribution in [3.05, 3.63) is 11.6 Å². The molecule has 2 N–H and O–H groups in total. The Balaban J connectivity index is 0.00000289. The molecule has 0 aromatic rings. The summed E-state index contributed by atoms with van der Waals surface area (Å²) in [5.74, 6) is 4.09. The number of aliphatic hydroxyl groups is 2. The molecule has 10 unspecified atom stereocenters. The van der Waals surface area contributed by atoms with Crippen LogP contribution in [0.1, 0.15) is 99.3 Å². The van der Waals surface area contributed by atoms with Gasteiger partial charge in [-0.15, -0.1) is 0 Å². The minimum atomic E-state index is -0.118. The van der Waals surface area contributed by atoms with Gasteiger partial charge in [-0.1, -0.05) is 59.6 Å². The quantitative estimate of drug-likeness (QED) is 0.430. The van der Waals surface area contributed by atoms with E-state index in [0.717, 1.165) is 37.0 Å². The Morgan fingerprint density at radius 1 is 1.12 bits per heavy atom. The largest absolute Gasteiger partial charge is 0.396 e. The average molecular weight is 449 g/mol. The van der Waals surface area contributed by atoms with Gasteiger partial charge < -0.3 is 14.9 Å². The molecular formula is C29H52O3. The molecule has 0 amide bonds. The first-order valence-electron chi connectivity index (χ1n) is 13.3. The van der Waals surface area contributed by atoms with E-state index in [1.165, 1.54) is 44.9 Å². The summed E-state index contributed by atoms with van der Waals surface area (Å²) < 4.78 is 6.19. The fourth-order valence-electron chi connectivity index (χ4n) is 8.99. The third kappa shape index (κ3) is 4.36. The SMILES string of the molecule is C.COC1CC2C3CC=C4CC(O)CCC4(C)C3CCC2(C)C1C(C)CCCC(C)CO. The van der Waals surface area contributed by atoms with Gasteiger partial charge in [-0.25, -0.2) is 0 Å². The van der Waals surface area contributed by atoms with Gasteiger partial charge in [0.2, 0.25) is 0 Å². The minimum absolute atomic E-state index is 0. The predicted molar refractivity (Wildman–Crippen MR) is 133 cm³/mol. The van der Waals surface area contributed by atoms with Crippen molar-refractivity contribution in [2.75, 3.05) is 13.7 Å². The Morgan fingerprint density at radius 3 is 2.56 bits per heavy atom. The number of hydrogen-bond donors (Lipinski definition) is 2. The van der Waals surface area contributed by atoms with Gasteiger partial charge in [0.15, 0.2) is 0 Å². The van der Waals surface area contributed by atoms with E-state index in [2.05, 4.69) is 33.8 Å². The predicted octanol–water partition coefficient (Wildman–Crippen LogP) is 6.62. The van der Waals surface area contributed by atoms with E-state index < -0.39 is 0 Å². The van der Waals surface area contributed by atoms with Crippen LogP contribution in [-0.2, 0) is 4.74 Å². The van der Waals surface area contributed by atoms with Crippen LogP contribution in [0.5, 0.6) is 0 Å². The third-order valence-corrected chi connectivity index (χ3v) is 10.7. The lowest BCUT2D eigenvalue weighted by Gasteiger charge is -2.58. The van der Waals surface area contributed by atoms with Crippen molar-refractivity contribution in [1.82, 2.24) is 0 Å². The lowest BCUT2D eigenvalue weighted by atomic mass is 9.47. The van der Waals surface area contributed by atoms with E-state index >= 15 is 0 Å². The molecule has 32 heavy (non-hydrogen) atoms. The normalized spacial score (nSPS) is 45.0. The van der Waals surface area contributed by atoms with E-state index in [4.69, 9.17) is 4.74 Å². The van der Waals surface area contributed by atoms with Crippen LogP contribution < -0.4 is 0 Å². The number of hydrogen-bond acceptors (Lipinski definition) is 3. The summed E-state index contributed by atoms with van der Waals surface area (Å²) in [6.07, 6.45) is 14.6. The molecule has 0 aromatic heterocycles. The molecule has 4 aliphatic rings. The molecule has 0 saturated heterocycles. The van der Waals surface area contributed by atoms with E-state index in [9.17, 15) is 10.2 Å². The Morgan fingerprint density at radius 2 is 1.88 bits per heavy atom. The topological polar surface area (TPSA) is 49.7 Å². The number of aliphatic hydroxyl groups excluding tert-OH is 2. The van der Waals surface area contributed by atoms with Crippen LogP contribution in [0.2, 0.25) is 0 Å². The first kappa shape index (κ1) is 26.2. The van der Waals surface area contributed by atoms with E-state index in [1.54, 1.807) is 5.57 Å². The summed E-state index contributed by atoms with van der Waals surface area (Å²) >= 11 is 0. The molecule has 10 atom stereocenters. The monoisotopic (exact) mass is 448 g/mol. The number of fused-ring (bicyclic) bond motifs is 5. The zero-order valence-corrected chi connectivity index (χ0v) is 20.8. The maximum absolute atomic E-state index is 10.3. The highest BCUT2D eigenvalue weighted by molar-refractivity contribution is 5.25. The molecule has 3 saturated carbocycles. The van der Waals surface area contributed by atoms with Gasteiger partial charge in [-0.3, -0.25) is 0 Å². The highest BCUT2D eigenvalue weighted by Gasteiger charge is 2.61. The van der Waals surface area contributed by atoms with Gasteiger partial charge in [0.05, 0.1) is 12.2 Å². The van der Waals surface area contributed by atoms with Gasteiger partial charge in [-0.2, -0.15) is 0 Å². The highest BCUT2D eigenvalue weighted by atomic mass is 16.5. The van der Waals surface area contributed by atoms with Crippen LogP contribution in [0.4, 0.5) is 0 Å². The summed E-state index contributed by atoms with van der Waals surface area (Å²) in [5, 5.41) is 19.6. The van der Waals surface area contributed by atoms with Crippen LogP contribution >= 0.6 is 0 Å². The number of allylic oxidation sites excluding steroid dienone is 1. The fraction of sp³-hybridized carbons (Fsp3) is 0.931. The molecule has 0 bridgehead atoms. The standard InChI is InChI=1S/C28H48O3.CH4/c1-18(17-29)7-6-8-19(2)26-25(31-5)16-24-22-10-9-20-15-21(30)11-13-27(20,3)23(22)12-14-28(24,26)4;/h9,18-19,21-26,29-30H,6-8,10-17H2,1-5H3;1H4. The van der Waals surface area contributed by atoms with Crippen molar-refractivity contribution >= 4 is 0 Å². The second-order valence-electron chi connectivity index (χ2n) is 12.4. The molecular weight excluding hydrogens is 396 g/mol.